The molecule has 0 fully saturated rings. The maximum Gasteiger partial charge on any atom is 0.248 e. The van der Waals surface area contributed by atoms with E-state index in [1.165, 1.54) is 6.92 Å². The Morgan fingerprint density at radius 1 is 1.00 bits per heavy atom. The van der Waals surface area contributed by atoms with E-state index in [0.717, 1.165) is 28.3 Å². The van der Waals surface area contributed by atoms with E-state index in [0.29, 0.717) is 31.0 Å². The quantitative estimate of drug-likeness (QED) is 0.166. The van der Waals surface area contributed by atoms with Crippen LogP contribution in [0.1, 0.15) is 57.7 Å². The van der Waals surface area contributed by atoms with Gasteiger partial charge in [0.1, 0.15) is 23.4 Å². The molecule has 0 radical (unpaired) electrons. The van der Waals surface area contributed by atoms with Gasteiger partial charge in [-0.05, 0) is 68.0 Å². The Labute approximate surface area is 258 Å². The molecule has 0 spiro atoms. The molecular weight excluding hydrogens is 554 g/mol. The third-order valence-corrected chi connectivity index (χ3v) is 7.35. The van der Waals surface area contributed by atoms with Crippen molar-refractivity contribution in [2.45, 2.75) is 64.6 Å². The van der Waals surface area contributed by atoms with Crippen LogP contribution in [0, 0.1) is 0 Å². The number of carbonyl (C=O) groups excluding carboxylic acids is 3. The van der Waals surface area contributed by atoms with Gasteiger partial charge in [0.2, 0.25) is 17.7 Å². The number of amides is 3. The lowest BCUT2D eigenvalue weighted by atomic mass is 10.0. The zero-order valence-electron chi connectivity index (χ0n) is 25.8. The molecule has 3 aromatic carbocycles. The van der Waals surface area contributed by atoms with Crippen molar-refractivity contribution in [3.63, 3.8) is 0 Å². The lowest BCUT2D eigenvalue weighted by Crippen LogP contribution is -2.58. The summed E-state index contributed by atoms with van der Waals surface area (Å²) in [5.74, 6) is -0.322. The van der Waals surface area contributed by atoms with Crippen LogP contribution in [-0.2, 0) is 25.5 Å². The largest absolute Gasteiger partial charge is 0.496 e. The highest BCUT2D eigenvalue weighted by Gasteiger charge is 2.32. The van der Waals surface area contributed by atoms with E-state index in [1.807, 2.05) is 60.0 Å². The Hall–Kier alpha value is -4.92. The van der Waals surface area contributed by atoms with Crippen molar-refractivity contribution in [1.29, 1.82) is 0 Å². The van der Waals surface area contributed by atoms with Crippen molar-refractivity contribution in [2.75, 3.05) is 11.9 Å². The molecule has 9 heteroatoms. The number of allylic oxidation sites excluding steroid dienone is 1. The molecule has 0 aliphatic carbocycles. The molecule has 4 aromatic rings. The number of imidazole rings is 1. The second kappa shape index (κ2) is 14.5. The molecular formula is C35H41N5O4. The van der Waals surface area contributed by atoms with E-state index < -0.39 is 23.4 Å². The van der Waals surface area contributed by atoms with Crippen molar-refractivity contribution in [3.8, 4) is 0 Å². The summed E-state index contributed by atoms with van der Waals surface area (Å²) in [5.41, 5.74) is 0.909. The number of anilines is 1. The lowest BCUT2D eigenvalue weighted by molar-refractivity contribution is -0.133. The minimum Gasteiger partial charge on any atom is -0.496 e. The first-order valence-corrected chi connectivity index (χ1v) is 14.9. The summed E-state index contributed by atoms with van der Waals surface area (Å²) in [4.78, 5) is 42.8. The van der Waals surface area contributed by atoms with Gasteiger partial charge in [-0.25, -0.2) is 4.98 Å². The fourth-order valence-corrected chi connectivity index (χ4v) is 5.18. The lowest BCUT2D eigenvalue weighted by Gasteiger charge is -2.27. The molecule has 4 rings (SSSR count). The summed E-state index contributed by atoms with van der Waals surface area (Å²) >= 11 is 0. The highest BCUT2D eigenvalue weighted by molar-refractivity contribution is 5.98. The van der Waals surface area contributed by atoms with Crippen LogP contribution < -0.4 is 16.0 Å². The molecule has 230 valence electrons. The number of hydrogen-bond acceptors (Lipinski definition) is 5. The highest BCUT2D eigenvalue weighted by atomic mass is 16.5. The second-order valence-electron chi connectivity index (χ2n) is 11.3. The fraction of sp³-hybridized carbons (Fsp3) is 0.314. The SMILES string of the molecule is C=C(OCC)C(c1ccc2ccccc2c1)n1cnc(NC(=O)C(CCCc2ccccc2)NC(=O)C(C)(C)NC(C)=O)c1. The molecule has 2 atom stereocenters. The summed E-state index contributed by atoms with van der Waals surface area (Å²) in [6.07, 6.45) is 5.16. The van der Waals surface area contributed by atoms with Crippen molar-refractivity contribution >= 4 is 34.3 Å². The number of ether oxygens (including phenoxy) is 1. The van der Waals surface area contributed by atoms with E-state index in [4.69, 9.17) is 4.74 Å². The maximum absolute atomic E-state index is 13.6. The number of nitrogens with one attached hydrogen (secondary N) is 3. The summed E-state index contributed by atoms with van der Waals surface area (Å²) < 4.78 is 7.68. The van der Waals surface area contributed by atoms with E-state index in [9.17, 15) is 14.4 Å². The third-order valence-electron chi connectivity index (χ3n) is 7.35. The van der Waals surface area contributed by atoms with Gasteiger partial charge in [-0.15, -0.1) is 0 Å². The molecule has 44 heavy (non-hydrogen) atoms. The molecule has 0 aliphatic heterocycles. The minimum absolute atomic E-state index is 0.327. The monoisotopic (exact) mass is 595 g/mol. The molecule has 0 saturated carbocycles. The number of aryl methyl sites for hydroxylation is 1. The van der Waals surface area contributed by atoms with Gasteiger partial charge in [-0.3, -0.25) is 14.4 Å². The Morgan fingerprint density at radius 3 is 2.41 bits per heavy atom. The van der Waals surface area contributed by atoms with Crippen LogP contribution in [0.5, 0.6) is 0 Å². The number of fused-ring (bicyclic) bond motifs is 1. The Balaban J connectivity index is 1.54. The topological polar surface area (TPSA) is 114 Å². The molecule has 0 saturated heterocycles. The zero-order valence-corrected chi connectivity index (χ0v) is 25.8. The number of rotatable bonds is 14. The maximum atomic E-state index is 13.6. The van der Waals surface area contributed by atoms with Crippen LogP contribution in [0.2, 0.25) is 0 Å². The summed E-state index contributed by atoms with van der Waals surface area (Å²) in [6.45, 7) is 11.1. The first-order valence-electron chi connectivity index (χ1n) is 14.9. The molecule has 3 N–H and O–H groups in total. The molecule has 2 unspecified atom stereocenters. The Morgan fingerprint density at radius 2 is 1.70 bits per heavy atom. The highest BCUT2D eigenvalue weighted by Crippen LogP contribution is 2.30. The number of carbonyl (C=O) groups is 3. The van der Waals surface area contributed by atoms with Gasteiger partial charge < -0.3 is 25.3 Å². The third kappa shape index (κ3) is 8.34. The predicted molar refractivity (Wildman–Crippen MR) is 173 cm³/mol. The van der Waals surface area contributed by atoms with Crippen LogP contribution in [-0.4, -0.2) is 45.5 Å². The summed E-state index contributed by atoms with van der Waals surface area (Å²) in [7, 11) is 0. The van der Waals surface area contributed by atoms with Crippen molar-refractivity contribution < 1.29 is 19.1 Å². The van der Waals surface area contributed by atoms with Gasteiger partial charge in [-0.2, -0.15) is 0 Å². The number of aromatic nitrogens is 2. The van der Waals surface area contributed by atoms with Crippen LogP contribution in [0.15, 0.2) is 97.7 Å². The summed E-state index contributed by atoms with van der Waals surface area (Å²) in [5, 5.41) is 10.6. The van der Waals surface area contributed by atoms with Crippen LogP contribution in [0.4, 0.5) is 5.82 Å². The van der Waals surface area contributed by atoms with Gasteiger partial charge >= 0.3 is 0 Å². The van der Waals surface area contributed by atoms with Gasteiger partial charge in [0.15, 0.2) is 5.82 Å². The van der Waals surface area contributed by atoms with Gasteiger partial charge in [0, 0.05) is 13.1 Å². The van der Waals surface area contributed by atoms with Crippen molar-refractivity contribution in [3.05, 3.63) is 109 Å². The Bertz CT molecular complexity index is 1610. The van der Waals surface area contributed by atoms with Gasteiger partial charge in [0.05, 0.1) is 12.9 Å². The minimum atomic E-state index is -1.20. The van der Waals surface area contributed by atoms with E-state index in [-0.39, 0.29) is 11.9 Å². The van der Waals surface area contributed by atoms with E-state index >= 15 is 0 Å². The average Bonchev–Trinajstić information content (AvgIpc) is 3.44. The molecule has 1 aromatic heterocycles. The number of benzene rings is 3. The molecule has 0 bridgehead atoms. The normalized spacial score (nSPS) is 12.6. The first kappa shape index (κ1) is 32.0. The van der Waals surface area contributed by atoms with Crippen molar-refractivity contribution in [1.82, 2.24) is 20.2 Å². The zero-order chi connectivity index (χ0) is 31.7. The first-order chi connectivity index (χ1) is 21.1. The van der Waals surface area contributed by atoms with E-state index in [2.05, 4.69) is 51.8 Å². The molecule has 1 heterocycles. The van der Waals surface area contributed by atoms with Gasteiger partial charge in [-0.1, -0.05) is 73.3 Å². The van der Waals surface area contributed by atoms with E-state index in [1.54, 1.807) is 26.4 Å². The number of hydrogen-bond donors (Lipinski definition) is 3. The van der Waals surface area contributed by atoms with Crippen LogP contribution in [0.25, 0.3) is 10.8 Å². The molecule has 3 amide bonds. The summed E-state index contributed by atoms with van der Waals surface area (Å²) in [6, 6.07) is 23.0. The van der Waals surface area contributed by atoms with Crippen LogP contribution in [0.3, 0.4) is 0 Å². The molecule has 0 aliphatic rings. The standard InChI is InChI=1S/C35H41N5O4/c1-6-44-24(2)32(29-20-19-27-16-10-11-17-28(27)21-29)40-22-31(36-23-40)38-33(42)30(18-12-15-26-13-8-7-9-14-26)37-34(43)35(4,5)39-25(3)41/h7-11,13-14,16-17,19-23,30,32H,2,6,12,15,18H2,1,3-5H3,(H,37,43)(H,38,42)(H,39,41). The smallest absolute Gasteiger partial charge is 0.248 e. The van der Waals surface area contributed by atoms with Crippen LogP contribution >= 0.6 is 0 Å². The number of nitrogens with zero attached hydrogens (tertiary/aromatic N) is 2. The average molecular weight is 596 g/mol. The molecule has 9 nitrogen and oxygen atoms in total. The second-order valence-corrected chi connectivity index (χ2v) is 11.3. The predicted octanol–water partition coefficient (Wildman–Crippen LogP) is 5.54. The fourth-order valence-electron chi connectivity index (χ4n) is 5.18. The Kier molecular flexibility index (Phi) is 10.6. The van der Waals surface area contributed by atoms with Crippen molar-refractivity contribution in [2.24, 2.45) is 0 Å². The van der Waals surface area contributed by atoms with Gasteiger partial charge in [0.25, 0.3) is 0 Å².